The third-order valence-corrected chi connectivity index (χ3v) is 2.94. The van der Waals surface area contributed by atoms with Gasteiger partial charge in [-0.2, -0.15) is 0 Å². The molecule has 0 heterocycles. The van der Waals surface area contributed by atoms with Gasteiger partial charge < -0.3 is 11.1 Å². The molecule has 3 N–H and O–H groups in total. The molecule has 1 unspecified atom stereocenters. The molecule has 0 rings (SSSR count). The van der Waals surface area contributed by atoms with Crippen molar-refractivity contribution >= 4 is 5.91 Å². The molecule has 0 fully saturated rings. The van der Waals surface area contributed by atoms with Crippen LogP contribution in [0.5, 0.6) is 0 Å². The summed E-state index contributed by atoms with van der Waals surface area (Å²) in [5, 5.41) is 3.09. The summed E-state index contributed by atoms with van der Waals surface area (Å²) in [6.45, 7) is 8.18. The molecule has 0 aromatic carbocycles. The van der Waals surface area contributed by atoms with Crippen molar-refractivity contribution in [2.75, 3.05) is 0 Å². The number of hydrogen-bond acceptors (Lipinski definition) is 2. The Morgan fingerprint density at radius 1 is 1.29 bits per heavy atom. The zero-order chi connectivity index (χ0) is 11.2. The maximum atomic E-state index is 11.6. The summed E-state index contributed by atoms with van der Waals surface area (Å²) in [4.78, 5) is 11.6. The first-order valence-electron chi connectivity index (χ1n) is 5.56. The average molecular weight is 200 g/mol. The second-order valence-electron chi connectivity index (χ2n) is 4.07. The van der Waals surface area contributed by atoms with Crippen molar-refractivity contribution < 1.29 is 4.79 Å². The van der Waals surface area contributed by atoms with Gasteiger partial charge in [-0.25, -0.2) is 0 Å². The molecule has 0 bridgehead atoms. The second-order valence-corrected chi connectivity index (χ2v) is 4.07. The van der Waals surface area contributed by atoms with Crippen molar-refractivity contribution in [3.8, 4) is 0 Å². The number of carbonyl (C=O) groups is 1. The minimum Gasteiger partial charge on any atom is -0.351 e. The molecule has 0 aromatic heterocycles. The molecule has 0 saturated carbocycles. The van der Waals surface area contributed by atoms with Crippen molar-refractivity contribution in [1.29, 1.82) is 0 Å². The summed E-state index contributed by atoms with van der Waals surface area (Å²) in [5.41, 5.74) is 5.55. The van der Waals surface area contributed by atoms with Crippen molar-refractivity contribution in [3.63, 3.8) is 0 Å². The molecule has 0 aliphatic heterocycles. The number of rotatable bonds is 6. The topological polar surface area (TPSA) is 55.1 Å². The van der Waals surface area contributed by atoms with Gasteiger partial charge in [-0.1, -0.05) is 20.8 Å². The van der Waals surface area contributed by atoms with Gasteiger partial charge in [-0.3, -0.25) is 4.79 Å². The number of nitrogens with two attached hydrogens (primary N) is 1. The summed E-state index contributed by atoms with van der Waals surface area (Å²) in [5.74, 6) is 0.0746. The fourth-order valence-electron chi connectivity index (χ4n) is 1.65. The van der Waals surface area contributed by atoms with Crippen LogP contribution in [0.3, 0.4) is 0 Å². The first kappa shape index (κ1) is 13.4. The number of nitrogens with one attached hydrogen (secondary N) is 1. The SMILES string of the molecule is CCC(CC)(CC)NC(=O)CC(C)N. The highest BCUT2D eigenvalue weighted by Gasteiger charge is 2.25. The van der Waals surface area contributed by atoms with E-state index in [0.29, 0.717) is 6.42 Å². The van der Waals surface area contributed by atoms with Gasteiger partial charge in [0.25, 0.3) is 0 Å². The van der Waals surface area contributed by atoms with E-state index in [9.17, 15) is 4.79 Å². The Hall–Kier alpha value is -0.570. The maximum absolute atomic E-state index is 11.6. The highest BCUT2D eigenvalue weighted by Crippen LogP contribution is 2.19. The summed E-state index contributed by atoms with van der Waals surface area (Å²) in [6, 6.07) is -0.0572. The predicted molar refractivity (Wildman–Crippen MR) is 60.0 cm³/mol. The van der Waals surface area contributed by atoms with Crippen molar-refractivity contribution in [1.82, 2.24) is 5.32 Å². The quantitative estimate of drug-likeness (QED) is 0.687. The Kier molecular flexibility index (Phi) is 5.77. The van der Waals surface area contributed by atoms with E-state index in [-0.39, 0.29) is 17.5 Å². The van der Waals surface area contributed by atoms with E-state index in [1.54, 1.807) is 0 Å². The normalized spacial score (nSPS) is 13.8. The molecule has 1 atom stereocenters. The van der Waals surface area contributed by atoms with Crippen molar-refractivity contribution in [2.45, 2.75) is 65.0 Å². The van der Waals surface area contributed by atoms with Crippen LogP contribution in [-0.4, -0.2) is 17.5 Å². The summed E-state index contributed by atoms with van der Waals surface area (Å²) >= 11 is 0. The van der Waals surface area contributed by atoms with Crippen molar-refractivity contribution in [3.05, 3.63) is 0 Å². The Morgan fingerprint density at radius 2 is 1.71 bits per heavy atom. The van der Waals surface area contributed by atoms with E-state index < -0.39 is 0 Å². The third kappa shape index (κ3) is 4.09. The Balaban J connectivity index is 4.22. The smallest absolute Gasteiger partial charge is 0.221 e. The van der Waals surface area contributed by atoms with Gasteiger partial charge in [0.1, 0.15) is 0 Å². The molecule has 0 aliphatic carbocycles. The van der Waals surface area contributed by atoms with Crippen LogP contribution in [0.1, 0.15) is 53.4 Å². The Bertz CT molecular complexity index is 166. The lowest BCUT2D eigenvalue weighted by Crippen LogP contribution is -2.48. The predicted octanol–water partition coefficient (Wildman–Crippen LogP) is 1.81. The van der Waals surface area contributed by atoms with Gasteiger partial charge in [-0.15, -0.1) is 0 Å². The maximum Gasteiger partial charge on any atom is 0.221 e. The summed E-state index contributed by atoms with van der Waals surface area (Å²) in [7, 11) is 0. The molecule has 0 aliphatic rings. The number of hydrogen-bond donors (Lipinski definition) is 2. The fraction of sp³-hybridized carbons (Fsp3) is 0.909. The van der Waals surface area contributed by atoms with E-state index in [1.165, 1.54) is 0 Å². The molecule has 3 heteroatoms. The minimum atomic E-state index is -0.0572. The lowest BCUT2D eigenvalue weighted by Gasteiger charge is -2.32. The first-order chi connectivity index (χ1) is 6.49. The molecule has 1 amide bonds. The molecule has 0 spiro atoms. The summed E-state index contributed by atoms with van der Waals surface area (Å²) < 4.78 is 0. The Morgan fingerprint density at radius 3 is 2.00 bits per heavy atom. The van der Waals surface area contributed by atoms with Gasteiger partial charge >= 0.3 is 0 Å². The van der Waals surface area contributed by atoms with Crippen LogP contribution >= 0.6 is 0 Å². The van der Waals surface area contributed by atoms with E-state index in [4.69, 9.17) is 5.73 Å². The van der Waals surface area contributed by atoms with Crippen LogP contribution in [0.4, 0.5) is 0 Å². The highest BCUT2D eigenvalue weighted by atomic mass is 16.1. The van der Waals surface area contributed by atoms with E-state index in [0.717, 1.165) is 19.3 Å². The van der Waals surface area contributed by atoms with Crippen LogP contribution in [0.25, 0.3) is 0 Å². The van der Waals surface area contributed by atoms with Gasteiger partial charge in [0.05, 0.1) is 0 Å². The van der Waals surface area contributed by atoms with Gasteiger partial charge in [0.15, 0.2) is 0 Å². The molecule has 0 radical (unpaired) electrons. The molecule has 14 heavy (non-hydrogen) atoms. The average Bonchev–Trinajstić information content (AvgIpc) is 2.13. The molecule has 0 aromatic rings. The monoisotopic (exact) mass is 200 g/mol. The van der Waals surface area contributed by atoms with Crippen molar-refractivity contribution in [2.24, 2.45) is 5.73 Å². The highest BCUT2D eigenvalue weighted by molar-refractivity contribution is 5.77. The van der Waals surface area contributed by atoms with Crippen LogP contribution in [0, 0.1) is 0 Å². The zero-order valence-corrected chi connectivity index (χ0v) is 9.89. The Labute approximate surface area is 87.4 Å². The number of carbonyl (C=O) groups excluding carboxylic acids is 1. The van der Waals surface area contributed by atoms with Crippen LogP contribution in [-0.2, 0) is 4.79 Å². The summed E-state index contributed by atoms with van der Waals surface area (Å²) in [6.07, 6.45) is 3.35. The largest absolute Gasteiger partial charge is 0.351 e. The molecular formula is C11H24N2O. The third-order valence-electron chi connectivity index (χ3n) is 2.94. The fourth-order valence-corrected chi connectivity index (χ4v) is 1.65. The molecular weight excluding hydrogens is 176 g/mol. The lowest BCUT2D eigenvalue weighted by molar-refractivity contribution is -0.123. The van der Waals surface area contributed by atoms with Crippen LogP contribution in [0.15, 0.2) is 0 Å². The lowest BCUT2D eigenvalue weighted by atomic mass is 9.89. The van der Waals surface area contributed by atoms with Gasteiger partial charge in [0, 0.05) is 18.0 Å². The number of amides is 1. The van der Waals surface area contributed by atoms with Crippen LogP contribution < -0.4 is 11.1 Å². The minimum absolute atomic E-state index is 0.0219. The standard InChI is InChI=1S/C11H24N2O/c1-5-11(6-2,7-3)13-10(14)8-9(4)12/h9H,5-8,12H2,1-4H3,(H,13,14). The molecule has 3 nitrogen and oxygen atoms in total. The zero-order valence-electron chi connectivity index (χ0n) is 9.89. The van der Waals surface area contributed by atoms with Crippen LogP contribution in [0.2, 0.25) is 0 Å². The van der Waals surface area contributed by atoms with Gasteiger partial charge in [0.2, 0.25) is 5.91 Å². The van der Waals surface area contributed by atoms with E-state index in [1.807, 2.05) is 6.92 Å². The second kappa shape index (κ2) is 6.02. The molecule has 0 saturated heterocycles. The van der Waals surface area contributed by atoms with E-state index >= 15 is 0 Å². The molecule has 84 valence electrons. The van der Waals surface area contributed by atoms with Gasteiger partial charge in [-0.05, 0) is 26.2 Å². The first-order valence-corrected chi connectivity index (χ1v) is 5.56. The van der Waals surface area contributed by atoms with E-state index in [2.05, 4.69) is 26.1 Å².